The molecule has 3 aromatic rings. The molecule has 1 saturated heterocycles. The summed E-state index contributed by atoms with van der Waals surface area (Å²) in [6.07, 6.45) is 12.3. The summed E-state index contributed by atoms with van der Waals surface area (Å²) in [5.74, 6) is 2.53. The molecule has 0 spiro atoms. The van der Waals surface area contributed by atoms with Crippen LogP contribution in [0.1, 0.15) is 42.9 Å². The van der Waals surface area contributed by atoms with Crippen LogP contribution in [0.2, 0.25) is 0 Å². The van der Waals surface area contributed by atoms with Crippen molar-refractivity contribution in [3.8, 4) is 0 Å². The third-order valence-corrected chi connectivity index (χ3v) is 5.78. The van der Waals surface area contributed by atoms with Gasteiger partial charge in [-0.1, -0.05) is 0 Å². The summed E-state index contributed by atoms with van der Waals surface area (Å²) in [5, 5.41) is 4.75. The maximum atomic E-state index is 4.75. The van der Waals surface area contributed by atoms with E-state index in [2.05, 4.69) is 37.9 Å². The highest BCUT2D eigenvalue weighted by molar-refractivity contribution is 5.69. The molecule has 5 rings (SSSR count). The molecule has 0 unspecified atom stereocenters. The van der Waals surface area contributed by atoms with Crippen LogP contribution in [0.15, 0.2) is 30.9 Å². The topological polar surface area (TPSA) is 62.5 Å². The van der Waals surface area contributed by atoms with Gasteiger partial charge in [-0.3, -0.25) is 0 Å². The van der Waals surface area contributed by atoms with E-state index < -0.39 is 0 Å². The van der Waals surface area contributed by atoms with Crippen LogP contribution < -0.4 is 9.80 Å². The third-order valence-electron chi connectivity index (χ3n) is 5.78. The summed E-state index contributed by atoms with van der Waals surface area (Å²) in [4.78, 5) is 18.2. The fourth-order valence-corrected chi connectivity index (χ4v) is 3.95. The molecule has 1 aliphatic heterocycles. The largest absolute Gasteiger partial charge is 0.355 e. The lowest BCUT2D eigenvalue weighted by Crippen LogP contribution is -2.44. The van der Waals surface area contributed by atoms with Gasteiger partial charge in [-0.2, -0.15) is 5.10 Å². The standard InChI is InChI=1S/C20H25N7/c1-14-12-22-20(23-13-14)25(2)16-5-8-26(9-6-16)19-18-11-17(15-3-4-15)24-27(18)10-7-21-19/h7,10-13,15-16H,3-6,8-9H2,1-2H3. The summed E-state index contributed by atoms with van der Waals surface area (Å²) in [7, 11) is 2.10. The molecule has 7 heteroatoms. The normalized spacial score (nSPS) is 18.2. The van der Waals surface area contributed by atoms with Gasteiger partial charge in [0.05, 0.1) is 5.69 Å². The molecule has 0 radical (unpaired) electrons. The Morgan fingerprint density at radius 3 is 2.48 bits per heavy atom. The Balaban J connectivity index is 1.31. The average Bonchev–Trinajstić information content (AvgIpc) is 3.46. The summed E-state index contributed by atoms with van der Waals surface area (Å²) in [6, 6.07) is 2.69. The van der Waals surface area contributed by atoms with Crippen molar-refractivity contribution in [2.75, 3.05) is 29.9 Å². The molecule has 0 aromatic carbocycles. The minimum atomic E-state index is 0.454. The summed E-state index contributed by atoms with van der Waals surface area (Å²) in [6.45, 7) is 3.98. The van der Waals surface area contributed by atoms with Gasteiger partial charge in [-0.05, 0) is 44.2 Å². The van der Waals surface area contributed by atoms with Crippen LogP contribution in [-0.4, -0.2) is 50.7 Å². The second-order valence-corrected chi connectivity index (χ2v) is 7.81. The molecule has 0 bridgehead atoms. The van der Waals surface area contributed by atoms with Crippen LogP contribution in [-0.2, 0) is 0 Å². The quantitative estimate of drug-likeness (QED) is 0.710. The van der Waals surface area contributed by atoms with Crippen molar-refractivity contribution in [3.05, 3.63) is 42.1 Å². The summed E-state index contributed by atoms with van der Waals surface area (Å²) >= 11 is 0. The number of nitrogens with zero attached hydrogens (tertiary/aromatic N) is 7. The molecule has 1 saturated carbocycles. The lowest BCUT2D eigenvalue weighted by molar-refractivity contribution is 0.475. The molecule has 7 nitrogen and oxygen atoms in total. The second-order valence-electron chi connectivity index (χ2n) is 7.81. The second kappa shape index (κ2) is 6.48. The lowest BCUT2D eigenvalue weighted by atomic mass is 10.0. The Hall–Kier alpha value is -2.70. The van der Waals surface area contributed by atoms with Crippen molar-refractivity contribution in [2.24, 2.45) is 0 Å². The minimum Gasteiger partial charge on any atom is -0.355 e. The van der Waals surface area contributed by atoms with Gasteiger partial charge in [-0.15, -0.1) is 0 Å². The summed E-state index contributed by atoms with van der Waals surface area (Å²) in [5.41, 5.74) is 3.44. The Morgan fingerprint density at radius 2 is 1.78 bits per heavy atom. The summed E-state index contributed by atoms with van der Waals surface area (Å²) < 4.78 is 1.99. The predicted molar refractivity (Wildman–Crippen MR) is 105 cm³/mol. The molecule has 1 aliphatic carbocycles. The van der Waals surface area contributed by atoms with E-state index in [0.717, 1.165) is 48.8 Å². The third kappa shape index (κ3) is 3.11. The smallest absolute Gasteiger partial charge is 0.225 e. The fourth-order valence-electron chi connectivity index (χ4n) is 3.95. The number of aryl methyl sites for hydroxylation is 1. The molecule has 0 atom stereocenters. The molecule has 0 N–H and O–H groups in total. The van der Waals surface area contributed by atoms with Crippen LogP contribution in [0.4, 0.5) is 11.8 Å². The number of aromatic nitrogens is 5. The number of fused-ring (bicyclic) bond motifs is 1. The number of hydrogen-bond acceptors (Lipinski definition) is 6. The van der Waals surface area contributed by atoms with E-state index in [1.54, 1.807) is 0 Å². The van der Waals surface area contributed by atoms with Crippen LogP contribution >= 0.6 is 0 Å². The van der Waals surface area contributed by atoms with E-state index in [0.29, 0.717) is 12.0 Å². The maximum absolute atomic E-state index is 4.75. The average molecular weight is 363 g/mol. The van der Waals surface area contributed by atoms with Gasteiger partial charge >= 0.3 is 0 Å². The highest BCUT2D eigenvalue weighted by Gasteiger charge is 2.29. The van der Waals surface area contributed by atoms with Crippen molar-refractivity contribution < 1.29 is 0 Å². The van der Waals surface area contributed by atoms with E-state index in [9.17, 15) is 0 Å². The number of rotatable bonds is 4. The van der Waals surface area contributed by atoms with E-state index in [1.165, 1.54) is 18.5 Å². The van der Waals surface area contributed by atoms with Gasteiger partial charge in [0.15, 0.2) is 5.82 Å². The first-order chi connectivity index (χ1) is 13.2. The van der Waals surface area contributed by atoms with E-state index in [1.807, 2.05) is 36.2 Å². The van der Waals surface area contributed by atoms with Gasteiger partial charge < -0.3 is 9.80 Å². The number of piperidine rings is 1. The molecule has 27 heavy (non-hydrogen) atoms. The van der Waals surface area contributed by atoms with Crippen molar-refractivity contribution in [3.63, 3.8) is 0 Å². The molecule has 4 heterocycles. The van der Waals surface area contributed by atoms with Crippen molar-refractivity contribution in [1.82, 2.24) is 24.6 Å². The van der Waals surface area contributed by atoms with Gasteiger partial charge in [0.25, 0.3) is 0 Å². The first kappa shape index (κ1) is 16.5. The fraction of sp³-hybridized carbons (Fsp3) is 0.500. The van der Waals surface area contributed by atoms with Gasteiger partial charge in [0, 0.05) is 56.9 Å². The predicted octanol–water partition coefficient (Wildman–Crippen LogP) is 2.81. The Bertz CT molecular complexity index is 937. The first-order valence-corrected chi connectivity index (χ1v) is 9.80. The van der Waals surface area contributed by atoms with E-state index >= 15 is 0 Å². The Morgan fingerprint density at radius 1 is 1.04 bits per heavy atom. The van der Waals surface area contributed by atoms with Gasteiger partial charge in [0.1, 0.15) is 5.52 Å². The Labute approximate surface area is 159 Å². The molecule has 140 valence electrons. The van der Waals surface area contributed by atoms with Crippen LogP contribution in [0.5, 0.6) is 0 Å². The van der Waals surface area contributed by atoms with E-state index in [4.69, 9.17) is 5.10 Å². The van der Waals surface area contributed by atoms with Gasteiger partial charge in [-0.25, -0.2) is 19.5 Å². The maximum Gasteiger partial charge on any atom is 0.225 e. The molecule has 2 aliphatic rings. The molecular formula is C20H25N7. The van der Waals surface area contributed by atoms with Crippen molar-refractivity contribution in [1.29, 1.82) is 0 Å². The van der Waals surface area contributed by atoms with Gasteiger partial charge in [0.2, 0.25) is 5.95 Å². The Kier molecular flexibility index (Phi) is 3.95. The minimum absolute atomic E-state index is 0.454. The van der Waals surface area contributed by atoms with Crippen molar-refractivity contribution >= 4 is 17.3 Å². The molecule has 3 aromatic heterocycles. The van der Waals surface area contributed by atoms with Crippen LogP contribution in [0.25, 0.3) is 5.52 Å². The zero-order valence-electron chi connectivity index (χ0n) is 15.9. The first-order valence-electron chi connectivity index (χ1n) is 9.80. The molecule has 0 amide bonds. The highest BCUT2D eigenvalue weighted by atomic mass is 15.3. The number of hydrogen-bond donors (Lipinski definition) is 0. The zero-order valence-corrected chi connectivity index (χ0v) is 15.9. The van der Waals surface area contributed by atoms with Crippen LogP contribution in [0.3, 0.4) is 0 Å². The van der Waals surface area contributed by atoms with E-state index in [-0.39, 0.29) is 0 Å². The number of anilines is 2. The van der Waals surface area contributed by atoms with Crippen LogP contribution in [0, 0.1) is 6.92 Å². The lowest BCUT2D eigenvalue weighted by Gasteiger charge is -2.37. The van der Waals surface area contributed by atoms with Crippen molar-refractivity contribution in [2.45, 2.75) is 44.6 Å². The monoisotopic (exact) mass is 363 g/mol. The molecular weight excluding hydrogens is 338 g/mol. The molecule has 2 fully saturated rings. The SMILES string of the molecule is Cc1cnc(N(C)C2CCN(c3nccn4nc(C5CC5)cc34)CC2)nc1. The zero-order chi connectivity index (χ0) is 18.4. The highest BCUT2D eigenvalue weighted by Crippen LogP contribution is 2.40.